The van der Waals surface area contributed by atoms with Gasteiger partial charge in [0, 0.05) is 17.3 Å². The highest BCUT2D eigenvalue weighted by Gasteiger charge is 2.14. The monoisotopic (exact) mass is 468 g/mol. The molecular formula is C30H32N2O3. The van der Waals surface area contributed by atoms with Crippen molar-refractivity contribution in [2.45, 2.75) is 46.1 Å². The normalized spacial score (nSPS) is 10.9. The summed E-state index contributed by atoms with van der Waals surface area (Å²) in [6, 6.07) is 23.9. The van der Waals surface area contributed by atoms with E-state index in [9.17, 15) is 9.59 Å². The Hall–Kier alpha value is -3.86. The van der Waals surface area contributed by atoms with Crippen molar-refractivity contribution in [1.29, 1.82) is 0 Å². The number of carbonyl (C=O) groups is 1. The maximum absolute atomic E-state index is 13.5. The van der Waals surface area contributed by atoms with Crippen molar-refractivity contribution in [3.63, 3.8) is 0 Å². The second kappa shape index (κ2) is 11.0. The SMILES string of the molecule is CCc1ccc(CCc2cc3ccc(OC)cc3n(CC(=O)Nc3ccc(CC)cc3)c2=O)cc1. The van der Waals surface area contributed by atoms with Gasteiger partial charge in [-0.1, -0.05) is 50.2 Å². The molecule has 180 valence electrons. The third kappa shape index (κ3) is 5.80. The first kappa shape index (κ1) is 24.3. The molecule has 5 nitrogen and oxygen atoms in total. The highest BCUT2D eigenvalue weighted by atomic mass is 16.5. The first-order valence-corrected chi connectivity index (χ1v) is 12.2. The number of hydrogen-bond donors (Lipinski definition) is 1. The maximum atomic E-state index is 13.5. The predicted molar refractivity (Wildman–Crippen MR) is 142 cm³/mol. The van der Waals surface area contributed by atoms with Gasteiger partial charge in [-0.05, 0) is 78.1 Å². The first-order valence-electron chi connectivity index (χ1n) is 12.2. The van der Waals surface area contributed by atoms with E-state index in [0.717, 1.165) is 24.6 Å². The molecule has 0 unspecified atom stereocenters. The minimum Gasteiger partial charge on any atom is -0.497 e. The summed E-state index contributed by atoms with van der Waals surface area (Å²) in [5.41, 5.74) is 5.64. The number of aromatic nitrogens is 1. The number of fused-ring (bicyclic) bond motifs is 1. The smallest absolute Gasteiger partial charge is 0.254 e. The number of rotatable bonds is 9. The van der Waals surface area contributed by atoms with E-state index in [4.69, 9.17) is 4.74 Å². The lowest BCUT2D eigenvalue weighted by Gasteiger charge is -2.14. The largest absolute Gasteiger partial charge is 0.497 e. The molecule has 0 fully saturated rings. The van der Waals surface area contributed by atoms with E-state index < -0.39 is 0 Å². The zero-order chi connectivity index (χ0) is 24.8. The number of carbonyl (C=O) groups excluding carboxylic acids is 1. The van der Waals surface area contributed by atoms with Crippen LogP contribution in [0.4, 0.5) is 5.69 Å². The summed E-state index contributed by atoms with van der Waals surface area (Å²) in [5, 5.41) is 3.82. The zero-order valence-corrected chi connectivity index (χ0v) is 20.6. The average molecular weight is 469 g/mol. The van der Waals surface area contributed by atoms with Gasteiger partial charge in [0.25, 0.3) is 5.56 Å². The second-order valence-electron chi connectivity index (χ2n) is 8.75. The van der Waals surface area contributed by atoms with Crippen LogP contribution in [-0.4, -0.2) is 17.6 Å². The van der Waals surface area contributed by atoms with Crippen molar-refractivity contribution < 1.29 is 9.53 Å². The van der Waals surface area contributed by atoms with E-state index in [0.29, 0.717) is 28.9 Å². The molecule has 35 heavy (non-hydrogen) atoms. The van der Waals surface area contributed by atoms with Gasteiger partial charge < -0.3 is 10.1 Å². The topological polar surface area (TPSA) is 60.3 Å². The van der Waals surface area contributed by atoms with Crippen LogP contribution in [0.3, 0.4) is 0 Å². The molecule has 0 spiro atoms. The van der Waals surface area contributed by atoms with Gasteiger partial charge in [0.05, 0.1) is 12.6 Å². The molecule has 0 aliphatic carbocycles. The van der Waals surface area contributed by atoms with Crippen LogP contribution in [0.2, 0.25) is 0 Å². The Bertz CT molecular complexity index is 1370. The first-order chi connectivity index (χ1) is 17.0. The summed E-state index contributed by atoms with van der Waals surface area (Å²) in [5.74, 6) is 0.401. The van der Waals surface area contributed by atoms with Crippen LogP contribution in [0.5, 0.6) is 5.75 Å². The van der Waals surface area contributed by atoms with Crippen molar-refractivity contribution in [2.75, 3.05) is 12.4 Å². The Morgan fingerprint density at radius 2 is 1.46 bits per heavy atom. The van der Waals surface area contributed by atoms with Crippen molar-refractivity contribution in [2.24, 2.45) is 0 Å². The molecule has 1 N–H and O–H groups in total. The molecule has 1 heterocycles. The average Bonchev–Trinajstić information content (AvgIpc) is 2.89. The Kier molecular flexibility index (Phi) is 7.66. The third-order valence-electron chi connectivity index (χ3n) is 6.44. The number of nitrogens with one attached hydrogen (secondary N) is 1. The maximum Gasteiger partial charge on any atom is 0.254 e. The lowest BCUT2D eigenvalue weighted by Crippen LogP contribution is -2.30. The lowest BCUT2D eigenvalue weighted by molar-refractivity contribution is -0.116. The molecule has 0 saturated heterocycles. The van der Waals surface area contributed by atoms with E-state index in [1.807, 2.05) is 48.5 Å². The summed E-state index contributed by atoms with van der Waals surface area (Å²) >= 11 is 0. The number of methoxy groups -OCH3 is 1. The number of nitrogens with zero attached hydrogens (tertiary/aromatic N) is 1. The minimum atomic E-state index is -0.243. The fourth-order valence-electron chi connectivity index (χ4n) is 4.26. The van der Waals surface area contributed by atoms with E-state index in [-0.39, 0.29) is 18.0 Å². The molecular weight excluding hydrogens is 436 g/mol. The molecule has 4 rings (SSSR count). The van der Waals surface area contributed by atoms with E-state index in [2.05, 4.69) is 43.4 Å². The molecule has 5 heteroatoms. The Balaban J connectivity index is 1.62. The summed E-state index contributed by atoms with van der Waals surface area (Å²) < 4.78 is 6.94. The van der Waals surface area contributed by atoms with E-state index >= 15 is 0 Å². The molecule has 0 atom stereocenters. The highest BCUT2D eigenvalue weighted by Crippen LogP contribution is 2.21. The van der Waals surface area contributed by atoms with Crippen molar-refractivity contribution in [1.82, 2.24) is 4.57 Å². The highest BCUT2D eigenvalue weighted by molar-refractivity contribution is 5.92. The van der Waals surface area contributed by atoms with Crippen LogP contribution in [0.15, 0.2) is 77.6 Å². The van der Waals surface area contributed by atoms with Gasteiger partial charge in [0.1, 0.15) is 12.3 Å². The lowest BCUT2D eigenvalue weighted by atomic mass is 10.0. The van der Waals surface area contributed by atoms with Gasteiger partial charge >= 0.3 is 0 Å². The molecule has 0 radical (unpaired) electrons. The van der Waals surface area contributed by atoms with Crippen LogP contribution in [-0.2, 0) is 37.0 Å². The van der Waals surface area contributed by atoms with Crippen LogP contribution in [0.25, 0.3) is 10.9 Å². The number of aryl methyl sites for hydroxylation is 4. The van der Waals surface area contributed by atoms with Gasteiger partial charge in [-0.25, -0.2) is 0 Å². The van der Waals surface area contributed by atoms with Crippen LogP contribution in [0.1, 0.15) is 36.1 Å². The second-order valence-corrected chi connectivity index (χ2v) is 8.75. The fraction of sp³-hybridized carbons (Fsp3) is 0.267. The summed E-state index contributed by atoms with van der Waals surface area (Å²) in [4.78, 5) is 26.5. The van der Waals surface area contributed by atoms with Gasteiger partial charge in [0.15, 0.2) is 0 Å². The van der Waals surface area contributed by atoms with Crippen molar-refractivity contribution in [3.8, 4) is 5.75 Å². The van der Waals surface area contributed by atoms with Gasteiger partial charge in [-0.3, -0.25) is 14.2 Å². The van der Waals surface area contributed by atoms with Crippen LogP contribution < -0.4 is 15.6 Å². The molecule has 0 aliphatic rings. The summed E-state index contributed by atoms with van der Waals surface area (Å²) in [7, 11) is 1.59. The van der Waals surface area contributed by atoms with E-state index in [1.54, 1.807) is 11.7 Å². The number of anilines is 1. The summed E-state index contributed by atoms with van der Waals surface area (Å²) in [6.45, 7) is 4.15. The van der Waals surface area contributed by atoms with Gasteiger partial charge in [-0.2, -0.15) is 0 Å². The molecule has 4 aromatic rings. The van der Waals surface area contributed by atoms with Crippen molar-refractivity contribution in [3.05, 3.63) is 105 Å². The summed E-state index contributed by atoms with van der Waals surface area (Å²) in [6.07, 6.45) is 3.31. The van der Waals surface area contributed by atoms with Gasteiger partial charge in [-0.15, -0.1) is 0 Å². The van der Waals surface area contributed by atoms with Crippen LogP contribution in [0, 0.1) is 0 Å². The molecule has 1 amide bonds. The fourth-order valence-corrected chi connectivity index (χ4v) is 4.26. The molecule has 0 bridgehead atoms. The number of benzene rings is 3. The number of pyridine rings is 1. The quantitative estimate of drug-likeness (QED) is 0.350. The van der Waals surface area contributed by atoms with E-state index in [1.165, 1.54) is 16.7 Å². The predicted octanol–water partition coefficient (Wildman–Crippen LogP) is 5.56. The van der Waals surface area contributed by atoms with Crippen molar-refractivity contribution >= 4 is 22.5 Å². The Morgan fingerprint density at radius 3 is 2.09 bits per heavy atom. The zero-order valence-electron chi connectivity index (χ0n) is 20.6. The Labute approximate surface area is 206 Å². The molecule has 1 aromatic heterocycles. The third-order valence-corrected chi connectivity index (χ3v) is 6.44. The number of hydrogen-bond acceptors (Lipinski definition) is 3. The molecule has 0 aliphatic heterocycles. The number of amides is 1. The Morgan fingerprint density at radius 1 is 0.829 bits per heavy atom. The number of ether oxygens (including phenoxy) is 1. The van der Waals surface area contributed by atoms with Gasteiger partial charge in [0.2, 0.25) is 5.91 Å². The molecule has 3 aromatic carbocycles. The standard InChI is InChI=1S/C30H32N2O3/c1-4-21-6-8-23(9-7-21)10-13-25-18-24-14-17-27(35-3)19-28(24)32(30(25)34)20-29(33)31-26-15-11-22(5-2)12-16-26/h6-9,11-12,14-19H,4-5,10,13,20H2,1-3H3,(H,31,33). The minimum absolute atomic E-state index is 0.0724. The molecule has 0 saturated carbocycles. The van der Waals surface area contributed by atoms with Crippen LogP contribution >= 0.6 is 0 Å².